The first kappa shape index (κ1) is 14.7. The van der Waals surface area contributed by atoms with Crippen LogP contribution in [0.25, 0.3) is 0 Å². The number of nitrogens with zero attached hydrogens (tertiary/aromatic N) is 1. The summed E-state index contributed by atoms with van der Waals surface area (Å²) in [5.41, 5.74) is 0.303. The highest BCUT2D eigenvalue weighted by molar-refractivity contribution is 5.17. The summed E-state index contributed by atoms with van der Waals surface area (Å²) in [6.45, 7) is 4.75. The topological polar surface area (TPSA) is 56.5 Å². The molecule has 5 aliphatic rings. The number of hydrogen-bond acceptors (Lipinski definition) is 3. The molecule has 0 spiro atoms. The second-order valence-corrected chi connectivity index (χ2v) is 9.70. The standard InChI is InChI=1S/C20H29NO2/c1-19-8-7-16-18(23-16)14(19)6-4-12-13-5-3-11(10-21)20(13,2)9-15(22)17(12)19/h11-18,22H,3-9H2,1-2H3. The van der Waals surface area contributed by atoms with Crippen LogP contribution < -0.4 is 0 Å². The van der Waals surface area contributed by atoms with Crippen molar-refractivity contribution in [1.29, 1.82) is 5.26 Å². The van der Waals surface area contributed by atoms with Gasteiger partial charge in [-0.3, -0.25) is 0 Å². The van der Waals surface area contributed by atoms with E-state index >= 15 is 0 Å². The maximum atomic E-state index is 11.2. The number of nitriles is 1. The van der Waals surface area contributed by atoms with Gasteiger partial charge in [0.2, 0.25) is 0 Å². The van der Waals surface area contributed by atoms with Crippen LogP contribution in [0.15, 0.2) is 0 Å². The zero-order valence-corrected chi connectivity index (χ0v) is 14.4. The van der Waals surface area contributed by atoms with Crippen molar-refractivity contribution in [3.8, 4) is 6.07 Å². The van der Waals surface area contributed by atoms with Gasteiger partial charge in [-0.25, -0.2) is 0 Å². The van der Waals surface area contributed by atoms with Crippen LogP contribution in [0.3, 0.4) is 0 Å². The maximum Gasteiger partial charge on any atom is 0.0875 e. The van der Waals surface area contributed by atoms with Crippen LogP contribution in [-0.4, -0.2) is 23.4 Å². The highest BCUT2D eigenvalue weighted by atomic mass is 16.6. The molecule has 0 aromatic heterocycles. The second kappa shape index (κ2) is 4.52. The minimum absolute atomic E-state index is 0.0474. The van der Waals surface area contributed by atoms with Crippen LogP contribution in [0, 0.1) is 51.8 Å². The number of epoxide rings is 1. The number of aliphatic hydroxyl groups is 1. The van der Waals surface area contributed by atoms with Gasteiger partial charge in [0.25, 0.3) is 0 Å². The van der Waals surface area contributed by atoms with Crippen molar-refractivity contribution < 1.29 is 9.84 Å². The normalized spacial score (nSPS) is 63.2. The highest BCUT2D eigenvalue weighted by Gasteiger charge is 2.67. The Morgan fingerprint density at radius 2 is 1.83 bits per heavy atom. The number of fused-ring (bicyclic) bond motifs is 7. The molecular weight excluding hydrogens is 286 g/mol. The summed E-state index contributed by atoms with van der Waals surface area (Å²) in [5.74, 6) is 2.52. The summed E-state index contributed by atoms with van der Waals surface area (Å²) >= 11 is 0. The van der Waals surface area contributed by atoms with Crippen LogP contribution in [0.2, 0.25) is 0 Å². The first-order chi connectivity index (χ1) is 11.0. The molecule has 4 aliphatic carbocycles. The molecule has 0 bridgehead atoms. The summed E-state index contributed by atoms with van der Waals surface area (Å²) in [7, 11) is 0. The number of aliphatic hydroxyl groups excluding tert-OH is 1. The van der Waals surface area contributed by atoms with E-state index in [0.717, 1.165) is 12.8 Å². The minimum atomic E-state index is -0.224. The Morgan fingerprint density at radius 1 is 1.04 bits per heavy atom. The molecule has 3 heteroatoms. The first-order valence-electron chi connectivity index (χ1n) is 9.72. The van der Waals surface area contributed by atoms with Gasteiger partial charge in [-0.1, -0.05) is 13.8 Å². The number of rotatable bonds is 0. The molecule has 23 heavy (non-hydrogen) atoms. The van der Waals surface area contributed by atoms with Crippen LogP contribution in [-0.2, 0) is 4.74 Å². The van der Waals surface area contributed by atoms with Crippen LogP contribution in [0.5, 0.6) is 0 Å². The Bertz CT molecular complexity index is 570. The lowest BCUT2D eigenvalue weighted by Crippen LogP contribution is -2.59. The predicted molar refractivity (Wildman–Crippen MR) is 86.3 cm³/mol. The average molecular weight is 315 g/mol. The molecule has 10 atom stereocenters. The molecular formula is C20H29NO2. The predicted octanol–water partition coefficient (Wildman–Crippen LogP) is 3.52. The van der Waals surface area contributed by atoms with Gasteiger partial charge in [-0.15, -0.1) is 0 Å². The van der Waals surface area contributed by atoms with Gasteiger partial charge in [0.15, 0.2) is 0 Å². The lowest BCUT2D eigenvalue weighted by atomic mass is 9.44. The molecule has 0 radical (unpaired) electrons. The van der Waals surface area contributed by atoms with E-state index in [1.54, 1.807) is 0 Å². The molecule has 1 saturated heterocycles. The van der Waals surface area contributed by atoms with Crippen molar-refractivity contribution in [1.82, 2.24) is 0 Å². The fraction of sp³-hybridized carbons (Fsp3) is 0.950. The van der Waals surface area contributed by atoms with E-state index in [4.69, 9.17) is 4.74 Å². The zero-order chi connectivity index (χ0) is 16.0. The third kappa shape index (κ3) is 1.72. The number of hydrogen-bond donors (Lipinski definition) is 1. The van der Waals surface area contributed by atoms with Gasteiger partial charge in [-0.05, 0) is 79.4 Å². The highest BCUT2D eigenvalue weighted by Crippen LogP contribution is 2.68. The summed E-state index contributed by atoms with van der Waals surface area (Å²) < 4.78 is 5.94. The molecule has 0 aromatic rings. The van der Waals surface area contributed by atoms with E-state index in [1.807, 2.05) is 0 Å². The fourth-order valence-electron chi connectivity index (χ4n) is 7.93. The van der Waals surface area contributed by atoms with Crippen molar-refractivity contribution in [3.63, 3.8) is 0 Å². The van der Waals surface area contributed by atoms with Crippen molar-refractivity contribution in [2.24, 2.45) is 40.4 Å². The van der Waals surface area contributed by atoms with Crippen molar-refractivity contribution in [2.45, 2.75) is 77.1 Å². The monoisotopic (exact) mass is 315 g/mol. The molecule has 1 N–H and O–H groups in total. The molecule has 0 aromatic carbocycles. The van der Waals surface area contributed by atoms with E-state index in [0.29, 0.717) is 35.9 Å². The summed E-state index contributed by atoms with van der Waals surface area (Å²) in [5, 5.41) is 20.8. The van der Waals surface area contributed by atoms with Crippen molar-refractivity contribution >= 4 is 0 Å². The third-order valence-corrected chi connectivity index (χ3v) is 9.01. The first-order valence-corrected chi connectivity index (χ1v) is 9.72. The van der Waals surface area contributed by atoms with Gasteiger partial charge in [0.1, 0.15) is 0 Å². The summed E-state index contributed by atoms with van der Waals surface area (Å²) in [4.78, 5) is 0. The molecule has 1 heterocycles. The Morgan fingerprint density at radius 3 is 2.61 bits per heavy atom. The van der Waals surface area contributed by atoms with Gasteiger partial charge >= 0.3 is 0 Å². The van der Waals surface area contributed by atoms with Crippen LogP contribution in [0.1, 0.15) is 58.8 Å². The van der Waals surface area contributed by atoms with Gasteiger partial charge < -0.3 is 9.84 Å². The SMILES string of the molecule is CC12CC(O)C3C(CCC4C5OC5CCC43C)C1CCC2C#N. The molecule has 126 valence electrons. The summed E-state index contributed by atoms with van der Waals surface area (Å²) in [6.07, 6.45) is 8.82. The van der Waals surface area contributed by atoms with E-state index in [2.05, 4.69) is 19.9 Å². The van der Waals surface area contributed by atoms with E-state index in [-0.39, 0.29) is 22.9 Å². The Balaban J connectivity index is 1.52. The average Bonchev–Trinajstić information content (AvgIpc) is 3.21. The van der Waals surface area contributed by atoms with Crippen molar-refractivity contribution in [2.75, 3.05) is 0 Å². The van der Waals surface area contributed by atoms with E-state index < -0.39 is 0 Å². The molecule has 0 amide bonds. The van der Waals surface area contributed by atoms with E-state index in [9.17, 15) is 10.4 Å². The third-order valence-electron chi connectivity index (χ3n) is 9.01. The minimum Gasteiger partial charge on any atom is -0.393 e. The smallest absolute Gasteiger partial charge is 0.0875 e. The lowest BCUT2D eigenvalue weighted by molar-refractivity contribution is -0.164. The summed E-state index contributed by atoms with van der Waals surface area (Å²) in [6, 6.07) is 2.57. The van der Waals surface area contributed by atoms with Crippen LogP contribution in [0.4, 0.5) is 0 Å². The van der Waals surface area contributed by atoms with Crippen LogP contribution >= 0.6 is 0 Å². The molecule has 4 saturated carbocycles. The Kier molecular flexibility index (Phi) is 2.90. The van der Waals surface area contributed by atoms with Crippen molar-refractivity contribution in [3.05, 3.63) is 0 Å². The second-order valence-electron chi connectivity index (χ2n) is 9.70. The quantitative estimate of drug-likeness (QED) is 0.696. The molecule has 10 unspecified atom stereocenters. The number of ether oxygens (including phenoxy) is 1. The zero-order valence-electron chi connectivity index (χ0n) is 14.4. The fourth-order valence-corrected chi connectivity index (χ4v) is 7.93. The van der Waals surface area contributed by atoms with E-state index in [1.165, 1.54) is 32.1 Å². The molecule has 5 rings (SSSR count). The Labute approximate surface area is 139 Å². The van der Waals surface area contributed by atoms with Gasteiger partial charge in [0.05, 0.1) is 30.3 Å². The van der Waals surface area contributed by atoms with Gasteiger partial charge in [-0.2, -0.15) is 5.26 Å². The Hall–Kier alpha value is -0.590. The molecule has 1 aliphatic heterocycles. The molecule has 5 fully saturated rings. The largest absolute Gasteiger partial charge is 0.393 e. The lowest BCUT2D eigenvalue weighted by Gasteiger charge is -2.61. The maximum absolute atomic E-state index is 11.2. The van der Waals surface area contributed by atoms with Gasteiger partial charge in [0, 0.05) is 0 Å². The molecule has 3 nitrogen and oxygen atoms in total.